The smallest absolute Gasteiger partial charge is 0.0262 e. The van der Waals surface area contributed by atoms with E-state index >= 15 is 0 Å². The Bertz CT molecular complexity index is 163. The summed E-state index contributed by atoms with van der Waals surface area (Å²) < 4.78 is 0. The van der Waals surface area contributed by atoms with Crippen LogP contribution >= 0.6 is 0 Å². The molecule has 82 valence electrons. The van der Waals surface area contributed by atoms with Crippen LogP contribution in [0.25, 0.3) is 0 Å². The van der Waals surface area contributed by atoms with Crippen molar-refractivity contribution in [2.45, 2.75) is 59.3 Å². The summed E-state index contributed by atoms with van der Waals surface area (Å²) in [6, 6.07) is 0. The summed E-state index contributed by atoms with van der Waals surface area (Å²) in [4.78, 5) is 0. The number of rotatable bonds is 8. The molecule has 14 heavy (non-hydrogen) atoms. The average Bonchev–Trinajstić information content (AvgIpc) is 2.10. The minimum absolute atomic E-state index is 0.729. The first-order valence-corrected chi connectivity index (χ1v) is 6.01. The zero-order valence-electron chi connectivity index (χ0n) is 10.2. The second-order valence-electron chi connectivity index (χ2n) is 4.51. The van der Waals surface area contributed by atoms with Gasteiger partial charge in [0.15, 0.2) is 0 Å². The predicted octanol–water partition coefficient (Wildman–Crippen LogP) is 5.12. The zero-order chi connectivity index (χ0) is 10.8. The summed E-state index contributed by atoms with van der Waals surface area (Å²) in [5.74, 6) is 0.729. The van der Waals surface area contributed by atoms with Crippen molar-refractivity contribution in [1.29, 1.82) is 0 Å². The van der Waals surface area contributed by atoms with Crippen molar-refractivity contribution >= 4 is 0 Å². The summed E-state index contributed by atoms with van der Waals surface area (Å²) in [6.07, 6.45) is 12.2. The molecule has 0 saturated heterocycles. The first-order chi connectivity index (χ1) is 6.66. The van der Waals surface area contributed by atoms with E-state index < -0.39 is 0 Å². The number of unbranched alkanes of at least 4 members (excludes halogenated alkanes) is 4. The molecule has 0 rings (SSSR count). The van der Waals surface area contributed by atoms with Crippen LogP contribution in [0, 0.1) is 5.92 Å². The monoisotopic (exact) mass is 194 g/mol. The summed E-state index contributed by atoms with van der Waals surface area (Å²) in [5, 5.41) is 0. The zero-order valence-corrected chi connectivity index (χ0v) is 10.2. The summed E-state index contributed by atoms with van der Waals surface area (Å²) in [6.45, 7) is 10.8. The Morgan fingerprint density at radius 3 is 2.50 bits per heavy atom. The average molecular weight is 194 g/mol. The highest BCUT2D eigenvalue weighted by atomic mass is 14.0. The summed E-state index contributed by atoms with van der Waals surface area (Å²) >= 11 is 0. The van der Waals surface area contributed by atoms with Gasteiger partial charge in [-0.2, -0.15) is 0 Å². The molecule has 0 heteroatoms. The fraction of sp³-hybridized carbons (Fsp3) is 0.714. The van der Waals surface area contributed by atoms with Gasteiger partial charge in [0, 0.05) is 0 Å². The highest BCUT2D eigenvalue weighted by Crippen LogP contribution is 2.10. The topological polar surface area (TPSA) is 0 Å². The third-order valence-corrected chi connectivity index (χ3v) is 2.25. The minimum atomic E-state index is 0.729. The third-order valence-electron chi connectivity index (χ3n) is 2.25. The van der Waals surface area contributed by atoms with Gasteiger partial charge in [-0.05, 0) is 25.2 Å². The van der Waals surface area contributed by atoms with Gasteiger partial charge in [0.1, 0.15) is 0 Å². The maximum absolute atomic E-state index is 4.04. The van der Waals surface area contributed by atoms with Gasteiger partial charge < -0.3 is 0 Å². The van der Waals surface area contributed by atoms with Gasteiger partial charge in [-0.3, -0.25) is 0 Å². The lowest BCUT2D eigenvalue weighted by atomic mass is 10.0. The van der Waals surface area contributed by atoms with Gasteiger partial charge in [0.25, 0.3) is 0 Å². The highest BCUT2D eigenvalue weighted by Gasteiger charge is 1.94. The van der Waals surface area contributed by atoms with E-state index in [2.05, 4.69) is 39.5 Å². The lowest BCUT2D eigenvalue weighted by Crippen LogP contribution is -1.87. The summed E-state index contributed by atoms with van der Waals surface area (Å²) in [5.41, 5.74) is 1.27. The Kier molecular flexibility index (Phi) is 8.72. The van der Waals surface area contributed by atoms with E-state index in [0.717, 1.165) is 12.3 Å². The van der Waals surface area contributed by atoms with Crippen LogP contribution in [0.15, 0.2) is 24.3 Å². The molecule has 0 aliphatic rings. The molecule has 0 radical (unpaired) electrons. The van der Waals surface area contributed by atoms with Crippen molar-refractivity contribution in [2.75, 3.05) is 0 Å². The van der Waals surface area contributed by atoms with Crippen LogP contribution in [0.5, 0.6) is 0 Å². The van der Waals surface area contributed by atoms with E-state index in [0.29, 0.717) is 0 Å². The molecule has 0 aromatic rings. The molecular formula is C14H26. The van der Waals surface area contributed by atoms with E-state index in [9.17, 15) is 0 Å². The van der Waals surface area contributed by atoms with Gasteiger partial charge in [0.2, 0.25) is 0 Å². The van der Waals surface area contributed by atoms with E-state index in [1.807, 2.05) is 0 Å². The normalized spacial score (nSPS) is 11.4. The Morgan fingerprint density at radius 1 is 1.21 bits per heavy atom. The molecule has 0 heterocycles. The molecule has 0 saturated carbocycles. The summed E-state index contributed by atoms with van der Waals surface area (Å²) in [7, 11) is 0. The number of hydrogen-bond acceptors (Lipinski definition) is 0. The van der Waals surface area contributed by atoms with Crippen molar-refractivity contribution < 1.29 is 0 Å². The lowest BCUT2D eigenvalue weighted by molar-refractivity contribution is 0.649. The number of hydrogen-bond donors (Lipinski definition) is 0. The molecule has 0 fully saturated rings. The molecule has 0 aliphatic heterocycles. The maximum atomic E-state index is 4.04. The predicted molar refractivity (Wildman–Crippen MR) is 66.5 cm³/mol. The molecule has 0 bridgehead atoms. The minimum Gasteiger partial charge on any atom is -0.0958 e. The van der Waals surface area contributed by atoms with E-state index in [1.54, 1.807) is 0 Å². The standard InChI is InChI=1S/C14H26/c1-5-6-7-8-9-10-11-14(4)12-13(2)3/h10-11,13H,4-9,12H2,1-3H3/b11-10-. The Balaban J connectivity index is 3.38. The molecule has 0 nitrogen and oxygen atoms in total. The second kappa shape index (κ2) is 9.05. The Labute approximate surface area is 90.1 Å². The van der Waals surface area contributed by atoms with Crippen molar-refractivity contribution in [3.63, 3.8) is 0 Å². The molecule has 0 N–H and O–H groups in total. The second-order valence-corrected chi connectivity index (χ2v) is 4.51. The molecule has 0 spiro atoms. The Morgan fingerprint density at radius 2 is 1.93 bits per heavy atom. The van der Waals surface area contributed by atoms with E-state index in [-0.39, 0.29) is 0 Å². The SMILES string of the molecule is C=C(/C=C\CCCCCC)CC(C)C. The van der Waals surface area contributed by atoms with Gasteiger partial charge in [-0.25, -0.2) is 0 Å². The van der Waals surface area contributed by atoms with Crippen LogP contribution < -0.4 is 0 Å². The molecule has 0 aliphatic carbocycles. The molecular weight excluding hydrogens is 168 g/mol. The van der Waals surface area contributed by atoms with E-state index in [1.165, 1.54) is 37.7 Å². The van der Waals surface area contributed by atoms with Gasteiger partial charge >= 0.3 is 0 Å². The molecule has 0 aromatic heterocycles. The third kappa shape index (κ3) is 9.57. The Hall–Kier alpha value is -0.520. The van der Waals surface area contributed by atoms with Gasteiger partial charge in [-0.15, -0.1) is 0 Å². The fourth-order valence-electron chi connectivity index (χ4n) is 1.53. The van der Waals surface area contributed by atoms with Crippen molar-refractivity contribution in [1.82, 2.24) is 0 Å². The van der Waals surface area contributed by atoms with Crippen LogP contribution in [-0.2, 0) is 0 Å². The molecule has 0 amide bonds. The van der Waals surface area contributed by atoms with E-state index in [4.69, 9.17) is 0 Å². The van der Waals surface area contributed by atoms with Gasteiger partial charge in [0.05, 0.1) is 0 Å². The largest absolute Gasteiger partial charge is 0.0958 e. The first-order valence-electron chi connectivity index (χ1n) is 6.01. The van der Waals surface area contributed by atoms with Crippen molar-refractivity contribution in [2.24, 2.45) is 5.92 Å². The van der Waals surface area contributed by atoms with Crippen LogP contribution in [-0.4, -0.2) is 0 Å². The van der Waals surface area contributed by atoms with Crippen LogP contribution in [0.1, 0.15) is 59.3 Å². The first kappa shape index (κ1) is 13.5. The quantitative estimate of drug-likeness (QED) is 0.372. The van der Waals surface area contributed by atoms with Crippen LogP contribution in [0.4, 0.5) is 0 Å². The van der Waals surface area contributed by atoms with Crippen molar-refractivity contribution in [3.05, 3.63) is 24.3 Å². The fourth-order valence-corrected chi connectivity index (χ4v) is 1.53. The highest BCUT2D eigenvalue weighted by molar-refractivity contribution is 5.14. The van der Waals surface area contributed by atoms with Gasteiger partial charge in [-0.1, -0.05) is 64.3 Å². The van der Waals surface area contributed by atoms with Crippen LogP contribution in [0.2, 0.25) is 0 Å². The lowest BCUT2D eigenvalue weighted by Gasteiger charge is -2.02. The molecule has 0 atom stereocenters. The maximum Gasteiger partial charge on any atom is -0.0262 e. The van der Waals surface area contributed by atoms with Crippen molar-refractivity contribution in [3.8, 4) is 0 Å². The molecule has 0 unspecified atom stereocenters. The molecule has 0 aromatic carbocycles. The number of allylic oxidation sites excluding steroid dienone is 3. The van der Waals surface area contributed by atoms with Crippen LogP contribution in [0.3, 0.4) is 0 Å².